The molecule has 0 saturated heterocycles. The van der Waals surface area contributed by atoms with Crippen molar-refractivity contribution in [1.29, 1.82) is 0 Å². The summed E-state index contributed by atoms with van der Waals surface area (Å²) in [4.78, 5) is 3.43. The standard InChI is InChI=1S/C13H15BrN2S/c1-16(2)12-5-3-4-11(7-12)15-8-13-6-10(14)9-17-13/h3-7,9,15H,8H2,1-2H3. The first-order chi connectivity index (χ1) is 8.15. The first kappa shape index (κ1) is 12.5. The molecule has 2 nitrogen and oxygen atoms in total. The number of hydrogen-bond acceptors (Lipinski definition) is 3. The molecule has 0 amide bonds. The van der Waals surface area contributed by atoms with E-state index in [0.29, 0.717) is 0 Å². The summed E-state index contributed by atoms with van der Waals surface area (Å²) in [6.45, 7) is 0.868. The molecule has 2 aromatic rings. The smallest absolute Gasteiger partial charge is 0.0494 e. The first-order valence-corrected chi connectivity index (χ1v) is 7.06. The number of nitrogens with zero attached hydrogens (tertiary/aromatic N) is 1. The van der Waals surface area contributed by atoms with E-state index in [1.807, 2.05) is 0 Å². The number of hydrogen-bond donors (Lipinski definition) is 1. The van der Waals surface area contributed by atoms with E-state index >= 15 is 0 Å². The molecular weight excluding hydrogens is 296 g/mol. The van der Waals surface area contributed by atoms with Gasteiger partial charge in [-0.2, -0.15) is 0 Å². The monoisotopic (exact) mass is 310 g/mol. The predicted molar refractivity (Wildman–Crippen MR) is 80.1 cm³/mol. The van der Waals surface area contributed by atoms with Crippen LogP contribution in [0.2, 0.25) is 0 Å². The maximum atomic E-state index is 3.47. The van der Waals surface area contributed by atoms with E-state index in [1.54, 1.807) is 11.3 Å². The third-order valence-electron chi connectivity index (χ3n) is 2.45. The van der Waals surface area contributed by atoms with E-state index in [9.17, 15) is 0 Å². The Morgan fingerprint density at radius 2 is 2.12 bits per heavy atom. The van der Waals surface area contributed by atoms with E-state index in [-0.39, 0.29) is 0 Å². The minimum absolute atomic E-state index is 0.868. The van der Waals surface area contributed by atoms with Gasteiger partial charge in [0.1, 0.15) is 0 Å². The molecule has 0 aliphatic heterocycles. The molecular formula is C13H15BrN2S. The van der Waals surface area contributed by atoms with Crippen LogP contribution in [0, 0.1) is 0 Å². The number of anilines is 2. The van der Waals surface area contributed by atoms with Crippen molar-refractivity contribution in [2.75, 3.05) is 24.3 Å². The van der Waals surface area contributed by atoms with Gasteiger partial charge < -0.3 is 10.2 Å². The van der Waals surface area contributed by atoms with Gasteiger partial charge in [-0.05, 0) is 40.2 Å². The highest BCUT2D eigenvalue weighted by Gasteiger charge is 1.99. The van der Waals surface area contributed by atoms with Crippen LogP contribution in [0.4, 0.5) is 11.4 Å². The molecule has 1 heterocycles. The zero-order valence-corrected chi connectivity index (χ0v) is 12.3. The molecule has 1 aromatic carbocycles. The van der Waals surface area contributed by atoms with Crippen LogP contribution in [0.3, 0.4) is 0 Å². The second kappa shape index (κ2) is 5.56. The SMILES string of the molecule is CN(C)c1cccc(NCc2cc(Br)cs2)c1. The van der Waals surface area contributed by atoms with Crippen molar-refractivity contribution in [2.45, 2.75) is 6.54 Å². The van der Waals surface area contributed by atoms with Crippen LogP contribution < -0.4 is 10.2 Å². The number of halogens is 1. The zero-order chi connectivity index (χ0) is 12.3. The van der Waals surface area contributed by atoms with Crippen LogP contribution in [0.15, 0.2) is 40.2 Å². The molecule has 0 radical (unpaired) electrons. The second-order valence-electron chi connectivity index (χ2n) is 4.03. The zero-order valence-electron chi connectivity index (χ0n) is 9.90. The summed E-state index contributed by atoms with van der Waals surface area (Å²) >= 11 is 5.22. The number of nitrogens with one attached hydrogen (secondary N) is 1. The van der Waals surface area contributed by atoms with Crippen molar-refractivity contribution in [3.05, 3.63) is 45.1 Å². The molecule has 0 unspecified atom stereocenters. The summed E-state index contributed by atoms with van der Waals surface area (Å²) in [7, 11) is 4.10. The highest BCUT2D eigenvalue weighted by Crippen LogP contribution is 2.22. The lowest BCUT2D eigenvalue weighted by atomic mass is 10.2. The maximum Gasteiger partial charge on any atom is 0.0494 e. The lowest BCUT2D eigenvalue weighted by Crippen LogP contribution is -2.08. The molecule has 1 aromatic heterocycles. The minimum Gasteiger partial charge on any atom is -0.380 e. The average Bonchev–Trinajstić information content (AvgIpc) is 2.73. The minimum atomic E-state index is 0.868. The molecule has 0 atom stereocenters. The van der Waals surface area contributed by atoms with Gasteiger partial charge in [-0.25, -0.2) is 0 Å². The third-order valence-corrected chi connectivity index (χ3v) is 4.15. The van der Waals surface area contributed by atoms with Crippen LogP contribution >= 0.6 is 27.3 Å². The molecule has 2 rings (SSSR count). The van der Waals surface area contributed by atoms with Gasteiger partial charge in [0, 0.05) is 46.7 Å². The number of thiophene rings is 1. The van der Waals surface area contributed by atoms with Gasteiger partial charge in [0.15, 0.2) is 0 Å². The van der Waals surface area contributed by atoms with Crippen LogP contribution in [0.25, 0.3) is 0 Å². The lowest BCUT2D eigenvalue weighted by Gasteiger charge is -2.14. The van der Waals surface area contributed by atoms with Crippen molar-refractivity contribution in [2.24, 2.45) is 0 Å². The lowest BCUT2D eigenvalue weighted by molar-refractivity contribution is 1.12. The van der Waals surface area contributed by atoms with Gasteiger partial charge in [0.2, 0.25) is 0 Å². The fraction of sp³-hybridized carbons (Fsp3) is 0.231. The molecule has 1 N–H and O–H groups in total. The maximum absolute atomic E-state index is 3.47. The summed E-state index contributed by atoms with van der Waals surface area (Å²) in [5.74, 6) is 0. The molecule has 0 aliphatic carbocycles. The van der Waals surface area contributed by atoms with Crippen molar-refractivity contribution in [3.63, 3.8) is 0 Å². The largest absolute Gasteiger partial charge is 0.380 e. The van der Waals surface area contributed by atoms with Gasteiger partial charge in [0.05, 0.1) is 0 Å². The molecule has 0 bridgehead atoms. The summed E-state index contributed by atoms with van der Waals surface area (Å²) in [6, 6.07) is 10.6. The Hall–Kier alpha value is -1.000. The Balaban J connectivity index is 2.01. The van der Waals surface area contributed by atoms with E-state index in [0.717, 1.165) is 16.7 Å². The van der Waals surface area contributed by atoms with E-state index in [2.05, 4.69) is 76.0 Å². The Labute approximate surface area is 114 Å². The third kappa shape index (κ3) is 3.48. The van der Waals surface area contributed by atoms with E-state index in [1.165, 1.54) is 10.6 Å². The highest BCUT2D eigenvalue weighted by molar-refractivity contribution is 9.10. The van der Waals surface area contributed by atoms with E-state index in [4.69, 9.17) is 0 Å². The van der Waals surface area contributed by atoms with E-state index < -0.39 is 0 Å². The molecule has 90 valence electrons. The van der Waals surface area contributed by atoms with Gasteiger partial charge in [-0.1, -0.05) is 6.07 Å². The summed E-state index contributed by atoms with van der Waals surface area (Å²) < 4.78 is 1.15. The summed E-state index contributed by atoms with van der Waals surface area (Å²) in [5.41, 5.74) is 2.36. The molecule has 0 aliphatic rings. The normalized spacial score (nSPS) is 10.3. The van der Waals surface area contributed by atoms with Gasteiger partial charge in [-0.15, -0.1) is 11.3 Å². The van der Waals surface area contributed by atoms with Gasteiger partial charge in [0.25, 0.3) is 0 Å². The summed E-state index contributed by atoms with van der Waals surface area (Å²) in [5, 5.41) is 5.54. The fourth-order valence-corrected chi connectivity index (χ4v) is 2.92. The molecule has 0 spiro atoms. The quantitative estimate of drug-likeness (QED) is 0.911. The van der Waals surface area contributed by atoms with Crippen LogP contribution in [0.5, 0.6) is 0 Å². The molecule has 17 heavy (non-hydrogen) atoms. The summed E-state index contributed by atoms with van der Waals surface area (Å²) in [6.07, 6.45) is 0. The van der Waals surface area contributed by atoms with Crippen molar-refractivity contribution in [1.82, 2.24) is 0 Å². The molecule has 4 heteroatoms. The van der Waals surface area contributed by atoms with Crippen LogP contribution in [-0.2, 0) is 6.54 Å². The van der Waals surface area contributed by atoms with Gasteiger partial charge in [-0.3, -0.25) is 0 Å². The molecule has 0 saturated carbocycles. The molecule has 0 fully saturated rings. The topological polar surface area (TPSA) is 15.3 Å². The highest BCUT2D eigenvalue weighted by atomic mass is 79.9. The average molecular weight is 311 g/mol. The van der Waals surface area contributed by atoms with Gasteiger partial charge >= 0.3 is 0 Å². The Kier molecular flexibility index (Phi) is 4.07. The van der Waals surface area contributed by atoms with Crippen molar-refractivity contribution < 1.29 is 0 Å². The number of rotatable bonds is 4. The van der Waals surface area contributed by atoms with Crippen molar-refractivity contribution >= 4 is 38.6 Å². The Morgan fingerprint density at radius 1 is 1.29 bits per heavy atom. The van der Waals surface area contributed by atoms with Crippen LogP contribution in [0.1, 0.15) is 4.88 Å². The first-order valence-electron chi connectivity index (χ1n) is 5.39. The van der Waals surface area contributed by atoms with Crippen molar-refractivity contribution in [3.8, 4) is 0 Å². The number of benzene rings is 1. The Morgan fingerprint density at radius 3 is 2.76 bits per heavy atom. The Bertz CT molecular complexity index is 494. The van der Waals surface area contributed by atoms with Crippen LogP contribution in [-0.4, -0.2) is 14.1 Å². The second-order valence-corrected chi connectivity index (χ2v) is 5.94. The predicted octanol–water partition coefficient (Wildman–Crippen LogP) is 4.19. The fourth-order valence-electron chi connectivity index (χ4n) is 1.53.